The minimum Gasteiger partial charge on any atom is -0.414 e. The molecule has 0 radical (unpaired) electrons. The number of nitrogens with zero attached hydrogens (tertiary/aromatic N) is 15. The minimum absolute atomic E-state index is 0.106. The molecule has 0 aromatic carbocycles. The summed E-state index contributed by atoms with van der Waals surface area (Å²) in [7, 11) is -3.95. The second-order valence-electron chi connectivity index (χ2n) is 38.3. The molecule has 41 nitrogen and oxygen atoms in total. The molecular weight excluding hydrogens is 1800 g/mol. The largest absolute Gasteiger partial charge is 0.414 e. The van der Waals surface area contributed by atoms with E-state index in [4.69, 9.17) is 104 Å². The van der Waals surface area contributed by atoms with Gasteiger partial charge in [0.15, 0.2) is 85.5 Å². The molecule has 8 fully saturated rings. The van der Waals surface area contributed by atoms with Gasteiger partial charge in [0.05, 0.1) is 57.5 Å². The van der Waals surface area contributed by atoms with Crippen LogP contribution in [0.25, 0.3) is 27.6 Å². The summed E-state index contributed by atoms with van der Waals surface area (Å²) in [5, 5.41) is 80.3. The number of fused-ring (bicyclic) bond motifs is 8. The smallest absolute Gasteiger partial charge is 0.243 e. The SMILES string of the molecule is C=CCOC[C@H]1OC(O)(c2ccc3c(N)ncnn23)[C@](C)(OCC=C)[C@@H]1OCC=C.CC[C@H]1OC(O)(c2ccc3c(N)ncnn23)[C@]2(C)OC(C)(C)O[C@H]12.CC[C@H]1OC(O)(c2ccc3c(N)ncnn23)[C@]2(C)OC(C)(C)O[C@H]12.CC[C@H]1OC(O)(c2ccc3c(N)ncnn23)[C@]2(C)OC(C)(C)O[C@H]12.CC[Si](CC)(CC)OC[C@H]1OC(O)(c2ccc3c(N)ncnn23)[C@](C)(O[Si](CC)(CC)CC)[C@@H]1C. The molecule has 18 heterocycles. The Morgan fingerprint density at radius 2 is 0.650 bits per heavy atom. The molecule has 0 spiro atoms. The van der Waals surface area contributed by atoms with E-state index in [9.17, 15) is 25.5 Å². The molecule has 0 bridgehead atoms. The minimum atomic E-state index is -2.12. The average molecular weight is 1940 g/mol. The molecular formula is C94H140N20O21Si2. The topological polar surface area (TPSA) is 530 Å². The summed E-state index contributed by atoms with van der Waals surface area (Å²) in [6, 6.07) is 23.6. The number of aliphatic hydroxyl groups is 5. The molecule has 8 saturated heterocycles. The van der Waals surface area contributed by atoms with Gasteiger partial charge >= 0.3 is 0 Å². The van der Waals surface area contributed by atoms with Crippen molar-refractivity contribution in [3.8, 4) is 0 Å². The van der Waals surface area contributed by atoms with Crippen molar-refractivity contribution >= 4 is 73.3 Å². The van der Waals surface area contributed by atoms with Gasteiger partial charge in [-0.25, -0.2) is 47.5 Å². The highest BCUT2D eigenvalue weighted by Gasteiger charge is 2.76. The molecule has 20 atom stereocenters. The van der Waals surface area contributed by atoms with Gasteiger partial charge in [0.1, 0.15) is 124 Å². The average Bonchev–Trinajstić information content (AvgIpc) is 1.54. The van der Waals surface area contributed by atoms with Crippen LogP contribution >= 0.6 is 0 Å². The standard InChI is InChI=1S/C25H46N4O4Si2.C21H28N4O5.3C16H22N4O4/c1-9-34(10-2,11-3)31-17-21-19(7)24(8,33-35(12-4,13-5)14-6)25(30,32-21)22-16-15-20-23(26)27-18-28-29(20)22;1-5-10-27-13-16-18(28-11-6-2)20(4,29-12-7-3)21(26,30-16)17-9-8-15-19(22)23-14-24-25(15)17;3*1-5-10-12-15(4,24-14(2,3)23-12)16(21,22-10)11-7-6-9-13(17)18-8-19-20(9)11/h15-16,18-19,21,30H,9-14,17H2,1-8H3,(H2,26,27,28);5-9,14,16,18,26H,1-3,10-13H2,4H3,(H2,22,23,24);3*6-8,10,12,21H,5H2,1-4H3,(H2,17,18,19)/t19-,21-,24-,25?;16-,18-,20-,21?;3*10-,12-,15-,16?/m11111/s1. The molecule has 15 N–H and O–H groups in total. The quantitative estimate of drug-likeness (QED) is 0.0118. The Bertz CT molecular complexity index is 5640. The zero-order valence-corrected chi connectivity index (χ0v) is 84.5. The van der Waals surface area contributed by atoms with Crippen molar-refractivity contribution in [1.29, 1.82) is 0 Å². The van der Waals surface area contributed by atoms with Gasteiger partial charge in [-0.3, -0.25) is 0 Å². The van der Waals surface area contributed by atoms with Gasteiger partial charge in [-0.05, 0) is 192 Å². The van der Waals surface area contributed by atoms with Crippen molar-refractivity contribution in [1.82, 2.24) is 73.0 Å². The fourth-order valence-corrected chi connectivity index (χ4v) is 27.0. The monoisotopic (exact) mass is 1940 g/mol. The van der Waals surface area contributed by atoms with E-state index < -0.39 is 121 Å². The highest BCUT2D eigenvalue weighted by Crippen LogP contribution is 2.61. The van der Waals surface area contributed by atoms with Crippen molar-refractivity contribution in [3.05, 3.63) is 159 Å². The molecule has 8 aliphatic rings. The lowest BCUT2D eigenvalue weighted by Crippen LogP contribution is -2.58. The highest BCUT2D eigenvalue weighted by atomic mass is 28.4. The Labute approximate surface area is 799 Å². The molecule has 10 aromatic heterocycles. The molecule has 0 saturated carbocycles. The van der Waals surface area contributed by atoms with Crippen LogP contribution in [0.3, 0.4) is 0 Å². The Morgan fingerprint density at radius 1 is 0.365 bits per heavy atom. The van der Waals surface area contributed by atoms with Crippen LogP contribution in [0.5, 0.6) is 0 Å². The molecule has 0 amide bonds. The Kier molecular flexibility index (Phi) is 29.1. The van der Waals surface area contributed by atoms with Gasteiger partial charge in [-0.15, -0.1) is 19.7 Å². The third-order valence-corrected chi connectivity index (χ3v) is 38.5. The van der Waals surface area contributed by atoms with Crippen molar-refractivity contribution in [3.63, 3.8) is 0 Å². The van der Waals surface area contributed by atoms with Gasteiger partial charge in [0, 0.05) is 5.92 Å². The first-order chi connectivity index (χ1) is 64.6. The molecule has 18 rings (SSSR count). The van der Waals surface area contributed by atoms with E-state index in [2.05, 4.69) is 119 Å². The van der Waals surface area contributed by atoms with E-state index in [1.165, 1.54) is 49.7 Å². The van der Waals surface area contributed by atoms with Crippen molar-refractivity contribution in [2.75, 3.05) is 61.7 Å². The highest BCUT2D eigenvalue weighted by molar-refractivity contribution is 6.74. The second kappa shape index (κ2) is 38.4. The van der Waals surface area contributed by atoms with Gasteiger partial charge in [0.2, 0.25) is 28.9 Å². The summed E-state index contributed by atoms with van der Waals surface area (Å²) in [6.45, 7) is 53.9. The molecule has 10 aromatic rings. The predicted molar refractivity (Wildman–Crippen MR) is 512 cm³/mol. The van der Waals surface area contributed by atoms with Gasteiger partial charge in [0.25, 0.3) is 0 Å². The lowest BCUT2D eigenvalue weighted by atomic mass is 9.82. The molecule has 5 unspecified atom stereocenters. The van der Waals surface area contributed by atoms with E-state index in [0.717, 1.165) is 36.3 Å². The van der Waals surface area contributed by atoms with Crippen LogP contribution in [0.2, 0.25) is 36.3 Å². The first kappa shape index (κ1) is 104. The fourth-order valence-electron chi connectivity index (χ4n) is 21.2. The maximum Gasteiger partial charge on any atom is 0.243 e. The summed E-state index contributed by atoms with van der Waals surface area (Å²) in [6.07, 6.45) is 9.90. The molecule has 137 heavy (non-hydrogen) atoms. The molecule has 8 aliphatic heterocycles. The van der Waals surface area contributed by atoms with Crippen LogP contribution in [-0.2, 0) is 104 Å². The van der Waals surface area contributed by atoms with Crippen LogP contribution < -0.4 is 28.7 Å². The van der Waals surface area contributed by atoms with Crippen LogP contribution in [0.1, 0.15) is 193 Å². The van der Waals surface area contributed by atoms with E-state index in [0.29, 0.717) is 112 Å². The second-order valence-corrected chi connectivity index (χ2v) is 47.8. The number of anilines is 5. The number of ether oxygens (including phenoxy) is 14. The maximum atomic E-state index is 12.5. The summed E-state index contributed by atoms with van der Waals surface area (Å²) in [5.41, 5.74) is 29.3. The normalized spacial score (nSPS) is 33.2. The van der Waals surface area contributed by atoms with Gasteiger partial charge < -0.3 is 129 Å². The van der Waals surface area contributed by atoms with E-state index in [1.54, 1.807) is 78.2 Å². The van der Waals surface area contributed by atoms with Crippen LogP contribution in [-0.4, -0.2) is 248 Å². The number of nitrogens with two attached hydrogens (primary N) is 5. The van der Waals surface area contributed by atoms with Crippen molar-refractivity contribution < 1.29 is 101 Å². The maximum absolute atomic E-state index is 12.5. The third-order valence-electron chi connectivity index (χ3n) is 29.1. The zero-order chi connectivity index (χ0) is 99.8. The van der Waals surface area contributed by atoms with Crippen LogP contribution in [0.15, 0.2) is 130 Å². The Hall–Kier alpha value is -9.09. The van der Waals surface area contributed by atoms with E-state index >= 15 is 0 Å². The summed E-state index contributed by atoms with van der Waals surface area (Å²) in [4.78, 5) is 20.0. The lowest BCUT2D eigenvalue weighted by molar-refractivity contribution is -0.310. The number of hydrogen-bond donors (Lipinski definition) is 10. The molecule has 43 heteroatoms. The van der Waals surface area contributed by atoms with Gasteiger partial charge in [-0.1, -0.05) is 87.5 Å². The molecule has 750 valence electrons. The first-order valence-corrected chi connectivity index (χ1v) is 52.3. The van der Waals surface area contributed by atoms with Crippen LogP contribution in [0.4, 0.5) is 29.1 Å². The summed E-state index contributed by atoms with van der Waals surface area (Å²) < 4.78 is 107. The summed E-state index contributed by atoms with van der Waals surface area (Å²) >= 11 is 0. The lowest BCUT2D eigenvalue weighted by Gasteiger charge is -2.46. The van der Waals surface area contributed by atoms with E-state index in [-0.39, 0.29) is 56.0 Å². The third kappa shape index (κ3) is 17.2. The van der Waals surface area contributed by atoms with Crippen molar-refractivity contribution in [2.24, 2.45) is 5.92 Å². The van der Waals surface area contributed by atoms with E-state index in [1.807, 2.05) is 102 Å². The first-order valence-electron chi connectivity index (χ1n) is 47.2. The fraction of sp³-hybridized carbons (Fsp3) is 0.617. The number of aromatic nitrogens is 15. The predicted octanol–water partition coefficient (Wildman–Crippen LogP) is 10.4. The summed E-state index contributed by atoms with van der Waals surface area (Å²) in [5.74, 6) is -9.75. The van der Waals surface area contributed by atoms with Crippen molar-refractivity contribution in [2.45, 2.75) is 330 Å². The zero-order valence-electron chi connectivity index (χ0n) is 82.5. The number of hydrogen-bond acceptors (Lipinski definition) is 36. The molecule has 0 aliphatic carbocycles. The Morgan fingerprint density at radius 3 is 0.942 bits per heavy atom. The van der Waals surface area contributed by atoms with Gasteiger partial charge in [-0.2, -0.15) is 25.5 Å². The Balaban J connectivity index is 0.000000138. The number of nitrogen functional groups attached to an aromatic ring is 5. The number of rotatable bonds is 29. The van der Waals surface area contributed by atoms with Crippen LogP contribution in [0, 0.1) is 5.92 Å².